The molecule has 7 heteroatoms. The van der Waals surface area contributed by atoms with Crippen molar-refractivity contribution in [3.05, 3.63) is 83.8 Å². The van der Waals surface area contributed by atoms with Gasteiger partial charge in [0.15, 0.2) is 5.82 Å². The molecule has 2 heterocycles. The van der Waals surface area contributed by atoms with E-state index >= 15 is 0 Å². The molecule has 150 valence electrons. The Labute approximate surface area is 180 Å². The average Bonchev–Trinajstić information content (AvgIpc) is 3.26. The van der Waals surface area contributed by atoms with Crippen LogP contribution in [-0.4, -0.2) is 51.3 Å². The number of rotatable bonds is 4. The number of aromatic nitrogens is 4. The Morgan fingerprint density at radius 2 is 1.63 bits per heavy atom. The Morgan fingerprint density at radius 1 is 0.800 bits per heavy atom. The maximum absolute atomic E-state index is 6.13. The van der Waals surface area contributed by atoms with Crippen molar-refractivity contribution in [1.82, 2.24) is 25.1 Å². The van der Waals surface area contributed by atoms with Gasteiger partial charge in [0.25, 0.3) is 0 Å². The summed E-state index contributed by atoms with van der Waals surface area (Å²) in [6.45, 7) is 3.75. The van der Waals surface area contributed by atoms with E-state index < -0.39 is 0 Å². The number of nitrogens with zero attached hydrogens (tertiary/aromatic N) is 6. The van der Waals surface area contributed by atoms with Crippen molar-refractivity contribution in [2.75, 3.05) is 31.1 Å². The van der Waals surface area contributed by atoms with Gasteiger partial charge in [-0.25, -0.2) is 0 Å². The van der Waals surface area contributed by atoms with Crippen molar-refractivity contribution in [3.63, 3.8) is 0 Å². The van der Waals surface area contributed by atoms with Crippen LogP contribution in [0.5, 0.6) is 0 Å². The summed E-state index contributed by atoms with van der Waals surface area (Å²) in [6, 6.07) is 22.5. The summed E-state index contributed by atoms with van der Waals surface area (Å²) in [6.07, 6.45) is 4.06. The molecule has 0 N–H and O–H groups in total. The molecule has 3 aromatic carbocycles. The van der Waals surface area contributed by atoms with Crippen LogP contribution in [-0.2, 0) is 0 Å². The lowest BCUT2D eigenvalue weighted by atomic mass is 10.1. The van der Waals surface area contributed by atoms with Crippen LogP contribution >= 0.6 is 11.6 Å². The number of halogens is 1. The molecule has 0 bridgehead atoms. The minimum absolute atomic E-state index is 0.711. The molecule has 0 atom stereocenters. The van der Waals surface area contributed by atoms with Crippen molar-refractivity contribution >= 4 is 34.1 Å². The highest BCUT2D eigenvalue weighted by Crippen LogP contribution is 2.21. The van der Waals surface area contributed by atoms with Crippen LogP contribution in [0.3, 0.4) is 0 Å². The predicted octanol–water partition coefficient (Wildman–Crippen LogP) is 4.26. The lowest BCUT2D eigenvalue weighted by Crippen LogP contribution is -2.44. The Balaban J connectivity index is 1.28. The third-order valence-corrected chi connectivity index (χ3v) is 5.63. The smallest absolute Gasteiger partial charge is 0.181 e. The molecule has 0 saturated carbocycles. The normalized spacial score (nSPS) is 14.7. The number of benzene rings is 3. The van der Waals surface area contributed by atoms with Crippen LogP contribution in [0, 0.1) is 0 Å². The van der Waals surface area contributed by atoms with Crippen molar-refractivity contribution in [3.8, 4) is 5.69 Å². The standard InChI is InChI=1S/C23H21ClN6/c24-20-6-3-7-21(17-20)29-14-12-28(13-15-29)11-10-23-25-26-27-30(23)22-9-8-18-4-1-2-5-19(18)16-22/h1-11,16-17H,12-15H2/b11-10+. The number of anilines is 1. The largest absolute Gasteiger partial charge is 0.374 e. The van der Waals surface area contributed by atoms with Crippen LogP contribution < -0.4 is 4.90 Å². The SMILES string of the molecule is Clc1cccc(N2CCN(/C=C/c3nnnn3-c3ccc4ccccc4c3)CC2)c1. The topological polar surface area (TPSA) is 50.1 Å². The molecule has 0 spiro atoms. The zero-order chi connectivity index (χ0) is 20.3. The quantitative estimate of drug-likeness (QED) is 0.497. The van der Waals surface area contributed by atoms with E-state index in [9.17, 15) is 0 Å². The maximum Gasteiger partial charge on any atom is 0.181 e. The van der Waals surface area contributed by atoms with Crippen LogP contribution in [0.1, 0.15) is 5.82 Å². The number of tetrazole rings is 1. The molecule has 1 saturated heterocycles. The Kier molecular flexibility index (Phi) is 5.07. The van der Waals surface area contributed by atoms with Crippen molar-refractivity contribution in [2.24, 2.45) is 0 Å². The monoisotopic (exact) mass is 416 g/mol. The first-order valence-corrected chi connectivity index (χ1v) is 10.3. The van der Waals surface area contributed by atoms with Gasteiger partial charge in [-0.1, -0.05) is 48.0 Å². The molecule has 6 nitrogen and oxygen atoms in total. The second kappa shape index (κ2) is 8.16. The van der Waals surface area contributed by atoms with Crippen molar-refractivity contribution < 1.29 is 0 Å². The molecule has 5 rings (SSSR count). The van der Waals surface area contributed by atoms with E-state index in [0.717, 1.165) is 42.3 Å². The second-order valence-corrected chi connectivity index (χ2v) is 7.74. The van der Waals surface area contributed by atoms with Gasteiger partial charge in [0.2, 0.25) is 0 Å². The molecule has 4 aromatic rings. The van der Waals surface area contributed by atoms with Crippen molar-refractivity contribution in [2.45, 2.75) is 0 Å². The first-order valence-electron chi connectivity index (χ1n) is 9.97. The van der Waals surface area contributed by atoms with Crippen LogP contribution in [0.4, 0.5) is 5.69 Å². The van der Waals surface area contributed by atoms with Gasteiger partial charge in [-0.3, -0.25) is 0 Å². The molecule has 1 aliphatic rings. The molecule has 1 fully saturated rings. The van der Waals surface area contributed by atoms with Gasteiger partial charge in [0.1, 0.15) is 0 Å². The molecule has 1 aromatic heterocycles. The fraction of sp³-hybridized carbons (Fsp3) is 0.174. The maximum atomic E-state index is 6.13. The van der Waals surface area contributed by atoms with Crippen LogP contribution in [0.2, 0.25) is 5.02 Å². The average molecular weight is 417 g/mol. The van der Waals surface area contributed by atoms with Crippen LogP contribution in [0.15, 0.2) is 72.9 Å². The lowest BCUT2D eigenvalue weighted by molar-refractivity contribution is 0.351. The summed E-state index contributed by atoms with van der Waals surface area (Å²) < 4.78 is 1.77. The first-order chi connectivity index (χ1) is 14.8. The lowest BCUT2D eigenvalue weighted by Gasteiger charge is -2.35. The van der Waals surface area contributed by atoms with E-state index in [-0.39, 0.29) is 0 Å². The fourth-order valence-corrected chi connectivity index (χ4v) is 3.95. The molecular formula is C23H21ClN6. The Morgan fingerprint density at radius 3 is 2.47 bits per heavy atom. The van der Waals surface area contributed by atoms with Crippen LogP contribution in [0.25, 0.3) is 22.5 Å². The third kappa shape index (κ3) is 3.86. The number of hydrogen-bond acceptors (Lipinski definition) is 5. The molecule has 0 aliphatic carbocycles. The molecule has 0 radical (unpaired) electrons. The predicted molar refractivity (Wildman–Crippen MR) is 121 cm³/mol. The van der Waals surface area contributed by atoms with Gasteiger partial charge in [0, 0.05) is 49.2 Å². The van der Waals surface area contributed by atoms with Gasteiger partial charge in [-0.2, -0.15) is 4.68 Å². The molecule has 0 amide bonds. The molecule has 30 heavy (non-hydrogen) atoms. The summed E-state index contributed by atoms with van der Waals surface area (Å²) in [5.41, 5.74) is 2.12. The van der Waals surface area contributed by atoms with Gasteiger partial charge in [-0.15, -0.1) is 5.10 Å². The highest BCUT2D eigenvalue weighted by molar-refractivity contribution is 6.30. The minimum atomic E-state index is 0.711. The van der Waals surface area contributed by atoms with E-state index in [1.54, 1.807) is 4.68 Å². The highest BCUT2D eigenvalue weighted by atomic mass is 35.5. The second-order valence-electron chi connectivity index (χ2n) is 7.30. The summed E-state index contributed by atoms with van der Waals surface area (Å²) in [7, 11) is 0. The Hall–Kier alpha value is -3.38. The van der Waals surface area contributed by atoms with Gasteiger partial charge in [-0.05, 0) is 51.5 Å². The van der Waals surface area contributed by atoms with Gasteiger partial charge >= 0.3 is 0 Å². The van der Waals surface area contributed by atoms with E-state index in [2.05, 4.69) is 61.9 Å². The third-order valence-electron chi connectivity index (χ3n) is 5.39. The van der Waals surface area contributed by atoms with E-state index in [1.807, 2.05) is 42.5 Å². The van der Waals surface area contributed by atoms with E-state index in [1.165, 1.54) is 11.1 Å². The first kappa shape index (κ1) is 18.6. The van der Waals surface area contributed by atoms with Crippen molar-refractivity contribution in [1.29, 1.82) is 0 Å². The van der Waals surface area contributed by atoms with Gasteiger partial charge in [0.05, 0.1) is 5.69 Å². The molecule has 1 aliphatic heterocycles. The number of piperazine rings is 1. The summed E-state index contributed by atoms with van der Waals surface area (Å²) in [5, 5.41) is 15.4. The molecular weight excluding hydrogens is 396 g/mol. The zero-order valence-electron chi connectivity index (χ0n) is 16.4. The van der Waals surface area contributed by atoms with E-state index in [0.29, 0.717) is 5.82 Å². The summed E-state index contributed by atoms with van der Waals surface area (Å²) in [5.74, 6) is 0.711. The summed E-state index contributed by atoms with van der Waals surface area (Å²) in [4.78, 5) is 4.65. The Bertz CT molecular complexity index is 1190. The van der Waals surface area contributed by atoms with Gasteiger partial charge < -0.3 is 9.80 Å². The zero-order valence-corrected chi connectivity index (χ0v) is 17.2. The minimum Gasteiger partial charge on any atom is -0.374 e. The highest BCUT2D eigenvalue weighted by Gasteiger charge is 2.15. The van der Waals surface area contributed by atoms with E-state index in [4.69, 9.17) is 11.6 Å². The summed E-state index contributed by atoms with van der Waals surface area (Å²) >= 11 is 6.13. The number of fused-ring (bicyclic) bond motifs is 1. The number of hydrogen-bond donors (Lipinski definition) is 0. The fourth-order valence-electron chi connectivity index (χ4n) is 3.76. The molecule has 0 unspecified atom stereocenters.